The number of hydrogen-bond donors (Lipinski definition) is 1. The zero-order chi connectivity index (χ0) is 17.1. The first-order valence-electron chi connectivity index (χ1n) is 8.57. The second-order valence-electron chi connectivity index (χ2n) is 6.13. The van der Waals surface area contributed by atoms with E-state index >= 15 is 0 Å². The Morgan fingerprint density at radius 3 is 2.48 bits per heavy atom. The summed E-state index contributed by atoms with van der Waals surface area (Å²) in [5, 5.41) is 3.12. The van der Waals surface area contributed by atoms with Gasteiger partial charge in [0.15, 0.2) is 11.5 Å². The van der Waals surface area contributed by atoms with E-state index in [-0.39, 0.29) is 5.91 Å². The summed E-state index contributed by atoms with van der Waals surface area (Å²) in [7, 11) is 0. The lowest BCUT2D eigenvalue weighted by molar-refractivity contribution is 0.0723. The first-order chi connectivity index (χ1) is 12.3. The quantitative estimate of drug-likeness (QED) is 0.925. The van der Waals surface area contributed by atoms with Crippen molar-refractivity contribution in [1.82, 2.24) is 14.9 Å². The first-order valence-corrected chi connectivity index (χ1v) is 8.57. The molecule has 1 fully saturated rings. The SMILES string of the molecule is O=C(c1cnc(Nc2ccc3c(c2)OCCO3)nc1)N1CCCCC1. The zero-order valence-corrected chi connectivity index (χ0v) is 13.9. The fourth-order valence-electron chi connectivity index (χ4n) is 3.03. The van der Waals surface area contributed by atoms with Gasteiger partial charge < -0.3 is 19.7 Å². The average molecular weight is 340 g/mol. The number of nitrogens with one attached hydrogen (secondary N) is 1. The molecule has 0 radical (unpaired) electrons. The molecule has 1 aromatic carbocycles. The van der Waals surface area contributed by atoms with Gasteiger partial charge in [0.25, 0.3) is 5.91 Å². The topological polar surface area (TPSA) is 76.6 Å². The maximum atomic E-state index is 12.4. The number of rotatable bonds is 3. The van der Waals surface area contributed by atoms with Gasteiger partial charge in [-0.25, -0.2) is 9.97 Å². The number of amides is 1. The van der Waals surface area contributed by atoms with Crippen LogP contribution in [0.5, 0.6) is 11.5 Å². The second-order valence-corrected chi connectivity index (χ2v) is 6.13. The Bertz CT molecular complexity index is 757. The lowest BCUT2D eigenvalue weighted by atomic mass is 10.1. The van der Waals surface area contributed by atoms with E-state index in [0.717, 1.165) is 37.4 Å². The Morgan fingerprint density at radius 1 is 1.00 bits per heavy atom. The van der Waals surface area contributed by atoms with Crippen molar-refractivity contribution in [2.75, 3.05) is 31.6 Å². The summed E-state index contributed by atoms with van der Waals surface area (Å²) in [6, 6.07) is 5.58. The highest BCUT2D eigenvalue weighted by atomic mass is 16.6. The molecule has 7 heteroatoms. The number of fused-ring (bicyclic) bond motifs is 1. The summed E-state index contributed by atoms with van der Waals surface area (Å²) in [6.45, 7) is 2.74. The molecule has 7 nitrogen and oxygen atoms in total. The number of carbonyl (C=O) groups excluding carboxylic acids is 1. The number of piperidine rings is 1. The van der Waals surface area contributed by atoms with Crippen LogP contribution >= 0.6 is 0 Å². The molecule has 1 N–H and O–H groups in total. The summed E-state index contributed by atoms with van der Waals surface area (Å²) in [6.07, 6.45) is 6.47. The molecule has 0 aliphatic carbocycles. The summed E-state index contributed by atoms with van der Waals surface area (Å²) in [4.78, 5) is 22.8. The fourth-order valence-corrected chi connectivity index (χ4v) is 3.03. The van der Waals surface area contributed by atoms with E-state index in [2.05, 4.69) is 15.3 Å². The van der Waals surface area contributed by atoms with Gasteiger partial charge in [-0.1, -0.05) is 0 Å². The minimum absolute atomic E-state index is 0.00517. The van der Waals surface area contributed by atoms with E-state index < -0.39 is 0 Å². The van der Waals surface area contributed by atoms with Gasteiger partial charge in [0.2, 0.25) is 5.95 Å². The number of nitrogens with zero attached hydrogens (tertiary/aromatic N) is 3. The van der Waals surface area contributed by atoms with Crippen LogP contribution in [0.4, 0.5) is 11.6 Å². The molecule has 4 rings (SSSR count). The van der Waals surface area contributed by atoms with Crippen molar-refractivity contribution in [3.8, 4) is 11.5 Å². The molecule has 0 unspecified atom stereocenters. The third kappa shape index (κ3) is 3.50. The summed E-state index contributed by atoms with van der Waals surface area (Å²) in [5.74, 6) is 1.88. The molecule has 1 saturated heterocycles. The Morgan fingerprint density at radius 2 is 1.72 bits per heavy atom. The third-order valence-electron chi connectivity index (χ3n) is 4.34. The third-order valence-corrected chi connectivity index (χ3v) is 4.34. The Kier molecular flexibility index (Phi) is 4.37. The van der Waals surface area contributed by atoms with Gasteiger partial charge in [0, 0.05) is 37.2 Å². The van der Waals surface area contributed by atoms with Gasteiger partial charge >= 0.3 is 0 Å². The number of anilines is 2. The predicted octanol–water partition coefficient (Wildman–Crippen LogP) is 2.62. The molecule has 25 heavy (non-hydrogen) atoms. The lowest BCUT2D eigenvalue weighted by Crippen LogP contribution is -2.35. The molecule has 0 spiro atoms. The van der Waals surface area contributed by atoms with E-state index in [4.69, 9.17) is 9.47 Å². The van der Waals surface area contributed by atoms with Crippen LogP contribution < -0.4 is 14.8 Å². The minimum atomic E-state index is 0.00517. The van der Waals surface area contributed by atoms with Crippen LogP contribution in [0.1, 0.15) is 29.6 Å². The number of carbonyl (C=O) groups is 1. The maximum Gasteiger partial charge on any atom is 0.256 e. The summed E-state index contributed by atoms with van der Waals surface area (Å²) >= 11 is 0. The van der Waals surface area contributed by atoms with Gasteiger partial charge in [-0.05, 0) is 31.4 Å². The molecular weight excluding hydrogens is 320 g/mol. The van der Waals surface area contributed by atoms with Crippen molar-refractivity contribution < 1.29 is 14.3 Å². The van der Waals surface area contributed by atoms with Crippen LogP contribution in [-0.2, 0) is 0 Å². The van der Waals surface area contributed by atoms with Crippen LogP contribution in [-0.4, -0.2) is 47.1 Å². The van der Waals surface area contributed by atoms with Gasteiger partial charge in [-0.3, -0.25) is 4.79 Å². The molecule has 130 valence electrons. The molecule has 3 heterocycles. The van der Waals surface area contributed by atoms with Crippen LogP contribution in [0.3, 0.4) is 0 Å². The minimum Gasteiger partial charge on any atom is -0.486 e. The van der Waals surface area contributed by atoms with Crippen molar-refractivity contribution in [1.29, 1.82) is 0 Å². The molecule has 0 atom stereocenters. The second kappa shape index (κ2) is 6.96. The van der Waals surface area contributed by atoms with Crippen LogP contribution in [0, 0.1) is 0 Å². The summed E-state index contributed by atoms with van der Waals surface area (Å²) in [5.41, 5.74) is 1.33. The highest BCUT2D eigenvalue weighted by Crippen LogP contribution is 2.33. The molecular formula is C18H20N4O3. The van der Waals surface area contributed by atoms with Crippen molar-refractivity contribution >= 4 is 17.5 Å². The Hall–Kier alpha value is -2.83. The zero-order valence-electron chi connectivity index (χ0n) is 13.9. The highest BCUT2D eigenvalue weighted by Gasteiger charge is 2.19. The molecule has 0 bridgehead atoms. The summed E-state index contributed by atoms with van der Waals surface area (Å²) < 4.78 is 11.1. The van der Waals surface area contributed by atoms with Crippen molar-refractivity contribution in [2.24, 2.45) is 0 Å². The first kappa shape index (κ1) is 15.7. The molecule has 1 amide bonds. The molecule has 2 aliphatic heterocycles. The maximum absolute atomic E-state index is 12.4. The lowest BCUT2D eigenvalue weighted by Gasteiger charge is -2.26. The van der Waals surface area contributed by atoms with Crippen molar-refractivity contribution in [2.45, 2.75) is 19.3 Å². The smallest absolute Gasteiger partial charge is 0.256 e. The normalized spacial score (nSPS) is 16.4. The molecule has 0 saturated carbocycles. The standard InChI is InChI=1S/C18H20N4O3/c23-17(22-6-2-1-3-7-22)13-11-19-18(20-12-13)21-14-4-5-15-16(10-14)25-9-8-24-15/h4-5,10-12H,1-3,6-9H2,(H,19,20,21). The van der Waals surface area contributed by atoms with E-state index in [1.54, 1.807) is 12.4 Å². The monoisotopic (exact) mass is 340 g/mol. The Balaban J connectivity index is 1.44. The number of likely N-dealkylation sites (tertiary alicyclic amines) is 1. The largest absolute Gasteiger partial charge is 0.486 e. The van der Waals surface area contributed by atoms with Crippen LogP contribution in [0.15, 0.2) is 30.6 Å². The number of hydrogen-bond acceptors (Lipinski definition) is 6. The predicted molar refractivity (Wildman–Crippen MR) is 92.5 cm³/mol. The number of ether oxygens (including phenoxy) is 2. The average Bonchev–Trinajstić information content (AvgIpc) is 2.69. The van der Waals surface area contributed by atoms with Gasteiger partial charge in [0.05, 0.1) is 5.56 Å². The van der Waals surface area contributed by atoms with E-state index in [1.807, 2.05) is 23.1 Å². The van der Waals surface area contributed by atoms with E-state index in [0.29, 0.717) is 30.5 Å². The van der Waals surface area contributed by atoms with Crippen molar-refractivity contribution in [3.05, 3.63) is 36.2 Å². The van der Waals surface area contributed by atoms with Crippen molar-refractivity contribution in [3.63, 3.8) is 0 Å². The van der Waals surface area contributed by atoms with Gasteiger partial charge in [-0.15, -0.1) is 0 Å². The van der Waals surface area contributed by atoms with E-state index in [9.17, 15) is 4.79 Å². The highest BCUT2D eigenvalue weighted by molar-refractivity contribution is 5.93. The number of benzene rings is 1. The van der Waals surface area contributed by atoms with Gasteiger partial charge in [0.1, 0.15) is 13.2 Å². The molecule has 1 aromatic heterocycles. The number of aromatic nitrogens is 2. The van der Waals surface area contributed by atoms with Crippen LogP contribution in [0.2, 0.25) is 0 Å². The van der Waals surface area contributed by atoms with Crippen LogP contribution in [0.25, 0.3) is 0 Å². The van der Waals surface area contributed by atoms with E-state index in [1.165, 1.54) is 6.42 Å². The Labute approximate surface area is 146 Å². The fraction of sp³-hybridized carbons (Fsp3) is 0.389. The molecule has 2 aliphatic rings. The molecule has 2 aromatic rings. The van der Waals surface area contributed by atoms with Gasteiger partial charge in [-0.2, -0.15) is 0 Å².